The van der Waals surface area contributed by atoms with Gasteiger partial charge in [0.2, 0.25) is 0 Å². The van der Waals surface area contributed by atoms with Gasteiger partial charge in [-0.25, -0.2) is 9.97 Å². The van der Waals surface area contributed by atoms with Crippen molar-refractivity contribution in [2.45, 2.75) is 25.2 Å². The van der Waals surface area contributed by atoms with Gasteiger partial charge in [-0.3, -0.25) is 4.90 Å². The lowest BCUT2D eigenvalue weighted by Crippen LogP contribution is -2.37. The number of aromatic nitrogens is 2. The first-order valence-electron chi connectivity index (χ1n) is 7.40. The monoisotopic (exact) mass is 296 g/mol. The Morgan fingerprint density at radius 3 is 2.85 bits per heavy atom. The molecule has 0 amide bonds. The van der Waals surface area contributed by atoms with Crippen LogP contribution in [0, 0.1) is 0 Å². The summed E-state index contributed by atoms with van der Waals surface area (Å²) in [4.78, 5) is 11.3. The first-order valence-corrected chi connectivity index (χ1v) is 7.77. The minimum atomic E-state index is 0.530. The molecule has 1 aliphatic heterocycles. The summed E-state index contributed by atoms with van der Waals surface area (Å²) in [6.45, 7) is 5.83. The topological polar surface area (TPSA) is 50.3 Å². The Kier molecular flexibility index (Phi) is 4.70. The number of anilines is 1. The van der Waals surface area contributed by atoms with Gasteiger partial charge in [0.15, 0.2) is 0 Å². The standard InChI is InChI=1S/C14H21ClN4O/c15-12-10-13(18-14(17-12)11-2-3-11)16-4-1-5-19-6-8-20-9-7-19/h10-11H,1-9H2,(H,16,17,18). The number of halogens is 1. The fraction of sp³-hybridized carbons (Fsp3) is 0.714. The highest BCUT2D eigenvalue weighted by Gasteiger charge is 2.27. The number of rotatable bonds is 6. The molecule has 20 heavy (non-hydrogen) atoms. The zero-order chi connectivity index (χ0) is 13.8. The van der Waals surface area contributed by atoms with E-state index in [1.54, 1.807) is 0 Å². The average Bonchev–Trinajstić information content (AvgIpc) is 3.29. The molecule has 1 aromatic rings. The van der Waals surface area contributed by atoms with E-state index in [0.717, 1.165) is 57.5 Å². The van der Waals surface area contributed by atoms with Gasteiger partial charge in [0.25, 0.3) is 0 Å². The first-order chi connectivity index (χ1) is 9.81. The van der Waals surface area contributed by atoms with Crippen LogP contribution >= 0.6 is 11.6 Å². The number of morpholine rings is 1. The van der Waals surface area contributed by atoms with E-state index in [-0.39, 0.29) is 0 Å². The maximum absolute atomic E-state index is 6.04. The van der Waals surface area contributed by atoms with Crippen LogP contribution in [0.25, 0.3) is 0 Å². The Bertz CT molecular complexity index is 447. The highest BCUT2D eigenvalue weighted by Crippen LogP contribution is 2.38. The van der Waals surface area contributed by atoms with E-state index in [2.05, 4.69) is 20.2 Å². The van der Waals surface area contributed by atoms with Gasteiger partial charge in [0.05, 0.1) is 13.2 Å². The van der Waals surface area contributed by atoms with Crippen molar-refractivity contribution in [2.75, 3.05) is 44.7 Å². The number of nitrogens with one attached hydrogen (secondary N) is 1. The quantitative estimate of drug-likeness (QED) is 0.644. The molecule has 1 saturated heterocycles. The Hall–Kier alpha value is -0.910. The summed E-state index contributed by atoms with van der Waals surface area (Å²) in [7, 11) is 0. The number of hydrogen-bond acceptors (Lipinski definition) is 5. The van der Waals surface area contributed by atoms with Gasteiger partial charge in [-0.15, -0.1) is 0 Å². The molecule has 6 heteroatoms. The molecular formula is C14H21ClN4O. The van der Waals surface area contributed by atoms with Crippen molar-refractivity contribution in [3.8, 4) is 0 Å². The molecule has 0 spiro atoms. The summed E-state index contributed by atoms with van der Waals surface area (Å²) in [5.74, 6) is 2.28. The van der Waals surface area contributed by atoms with E-state index in [1.165, 1.54) is 12.8 Å². The molecule has 0 bridgehead atoms. The van der Waals surface area contributed by atoms with Gasteiger partial charge < -0.3 is 10.1 Å². The molecule has 0 aromatic carbocycles. The summed E-state index contributed by atoms with van der Waals surface area (Å²) in [5, 5.41) is 3.89. The van der Waals surface area contributed by atoms with E-state index in [9.17, 15) is 0 Å². The van der Waals surface area contributed by atoms with Crippen LogP contribution in [0.3, 0.4) is 0 Å². The molecule has 2 heterocycles. The summed E-state index contributed by atoms with van der Waals surface area (Å²) in [6, 6.07) is 1.81. The first kappa shape index (κ1) is 14.0. The molecule has 1 aromatic heterocycles. The fourth-order valence-electron chi connectivity index (χ4n) is 2.39. The van der Waals surface area contributed by atoms with Crippen molar-refractivity contribution in [3.63, 3.8) is 0 Å². The summed E-state index contributed by atoms with van der Waals surface area (Å²) in [5.41, 5.74) is 0. The van der Waals surface area contributed by atoms with Gasteiger partial charge in [-0.2, -0.15) is 0 Å². The second kappa shape index (κ2) is 6.70. The predicted octanol–water partition coefficient (Wildman–Crippen LogP) is 2.14. The Labute approximate surface area is 124 Å². The molecule has 0 atom stereocenters. The van der Waals surface area contributed by atoms with E-state index >= 15 is 0 Å². The van der Waals surface area contributed by atoms with Crippen LogP contribution in [0.2, 0.25) is 5.15 Å². The van der Waals surface area contributed by atoms with Gasteiger partial charge >= 0.3 is 0 Å². The van der Waals surface area contributed by atoms with Crippen molar-refractivity contribution in [3.05, 3.63) is 17.0 Å². The van der Waals surface area contributed by atoms with Crippen molar-refractivity contribution in [1.82, 2.24) is 14.9 Å². The maximum atomic E-state index is 6.04. The average molecular weight is 297 g/mol. The maximum Gasteiger partial charge on any atom is 0.135 e. The zero-order valence-corrected chi connectivity index (χ0v) is 12.4. The summed E-state index contributed by atoms with van der Waals surface area (Å²) in [6.07, 6.45) is 3.48. The molecule has 1 aliphatic carbocycles. The molecule has 1 N–H and O–H groups in total. The molecule has 0 radical (unpaired) electrons. The SMILES string of the molecule is Clc1cc(NCCCN2CCOCC2)nc(C2CC2)n1. The smallest absolute Gasteiger partial charge is 0.135 e. The summed E-state index contributed by atoms with van der Waals surface area (Å²) < 4.78 is 5.34. The van der Waals surface area contributed by atoms with E-state index in [4.69, 9.17) is 16.3 Å². The lowest BCUT2D eigenvalue weighted by Gasteiger charge is -2.26. The predicted molar refractivity (Wildman–Crippen MR) is 79.4 cm³/mol. The molecule has 110 valence electrons. The second-order valence-corrected chi connectivity index (χ2v) is 5.83. The Morgan fingerprint density at radius 2 is 2.10 bits per heavy atom. The molecule has 3 rings (SSSR count). The van der Waals surface area contributed by atoms with E-state index < -0.39 is 0 Å². The van der Waals surface area contributed by atoms with Crippen LogP contribution in [-0.2, 0) is 4.74 Å². The van der Waals surface area contributed by atoms with E-state index in [0.29, 0.717) is 11.1 Å². The van der Waals surface area contributed by atoms with Gasteiger partial charge in [0, 0.05) is 31.6 Å². The van der Waals surface area contributed by atoms with Crippen LogP contribution in [0.1, 0.15) is 31.0 Å². The van der Waals surface area contributed by atoms with Crippen LogP contribution in [-0.4, -0.2) is 54.3 Å². The van der Waals surface area contributed by atoms with Gasteiger partial charge in [0.1, 0.15) is 16.8 Å². The molecule has 0 unspecified atom stereocenters. The molecule has 5 nitrogen and oxygen atoms in total. The number of hydrogen-bond donors (Lipinski definition) is 1. The highest BCUT2D eigenvalue weighted by atomic mass is 35.5. The minimum Gasteiger partial charge on any atom is -0.379 e. The zero-order valence-electron chi connectivity index (χ0n) is 11.6. The lowest BCUT2D eigenvalue weighted by atomic mass is 10.3. The largest absolute Gasteiger partial charge is 0.379 e. The van der Waals surface area contributed by atoms with Gasteiger partial charge in [-0.1, -0.05) is 11.6 Å². The van der Waals surface area contributed by atoms with Crippen molar-refractivity contribution in [2.24, 2.45) is 0 Å². The van der Waals surface area contributed by atoms with Crippen molar-refractivity contribution < 1.29 is 4.74 Å². The van der Waals surface area contributed by atoms with Crippen LogP contribution in [0.5, 0.6) is 0 Å². The molecule has 2 aliphatic rings. The third-order valence-corrected chi connectivity index (χ3v) is 3.91. The third kappa shape index (κ3) is 4.04. The normalized spacial score (nSPS) is 20.1. The third-order valence-electron chi connectivity index (χ3n) is 3.72. The summed E-state index contributed by atoms with van der Waals surface area (Å²) >= 11 is 6.04. The number of ether oxygens (including phenoxy) is 1. The van der Waals surface area contributed by atoms with Crippen LogP contribution in [0.4, 0.5) is 5.82 Å². The lowest BCUT2D eigenvalue weighted by molar-refractivity contribution is 0.0378. The van der Waals surface area contributed by atoms with Crippen molar-refractivity contribution >= 4 is 17.4 Å². The minimum absolute atomic E-state index is 0.530. The molecule has 2 fully saturated rings. The Balaban J connectivity index is 1.43. The van der Waals surface area contributed by atoms with Gasteiger partial charge in [-0.05, 0) is 25.8 Å². The molecule has 1 saturated carbocycles. The Morgan fingerprint density at radius 1 is 1.30 bits per heavy atom. The van der Waals surface area contributed by atoms with Crippen LogP contribution in [0.15, 0.2) is 6.07 Å². The number of nitrogens with zero attached hydrogens (tertiary/aromatic N) is 3. The van der Waals surface area contributed by atoms with E-state index in [1.807, 2.05) is 6.07 Å². The molecular weight excluding hydrogens is 276 g/mol. The van der Waals surface area contributed by atoms with Crippen molar-refractivity contribution in [1.29, 1.82) is 0 Å². The highest BCUT2D eigenvalue weighted by molar-refractivity contribution is 6.29. The fourth-order valence-corrected chi connectivity index (χ4v) is 2.58. The second-order valence-electron chi connectivity index (χ2n) is 5.44. The van der Waals surface area contributed by atoms with Crippen LogP contribution < -0.4 is 5.32 Å².